The Morgan fingerprint density at radius 3 is 1.36 bits per heavy atom. The second kappa shape index (κ2) is 20.3. The van der Waals surface area contributed by atoms with Crippen molar-refractivity contribution in [1.29, 1.82) is 0 Å². The number of hydrogen-bond donors (Lipinski definition) is 0. The molecule has 0 spiro atoms. The van der Waals surface area contributed by atoms with Crippen molar-refractivity contribution in [1.82, 2.24) is 0 Å². The lowest BCUT2D eigenvalue weighted by atomic mass is 9.72. The van der Waals surface area contributed by atoms with Crippen molar-refractivity contribution in [2.45, 2.75) is 32.1 Å². The lowest BCUT2D eigenvalue weighted by molar-refractivity contribution is 0.00899. The second-order valence-electron chi connectivity index (χ2n) is 11.3. The minimum atomic E-state index is -0.223. The van der Waals surface area contributed by atoms with Gasteiger partial charge in [0.1, 0.15) is 0 Å². The molecule has 0 unspecified atom stereocenters. The number of alkyl halides is 2. The van der Waals surface area contributed by atoms with Crippen molar-refractivity contribution >= 4 is 45.2 Å². The molecule has 1 aliphatic carbocycles. The molecule has 0 N–H and O–H groups in total. The average Bonchev–Trinajstić information content (AvgIpc) is 3.31. The third kappa shape index (κ3) is 11.0. The molecular weight excluding hydrogens is 794 g/mol. The van der Waals surface area contributed by atoms with Gasteiger partial charge in [0.15, 0.2) is 0 Å². The average molecular weight is 843 g/mol. The minimum Gasteiger partial charge on any atom is -0.379 e. The molecule has 0 saturated carbocycles. The fourth-order valence-electron chi connectivity index (χ4n) is 5.88. The van der Waals surface area contributed by atoms with Gasteiger partial charge in [-0.1, -0.05) is 111 Å². The highest BCUT2D eigenvalue weighted by Crippen LogP contribution is 2.54. The highest BCUT2D eigenvalue weighted by Gasteiger charge is 2.43. The number of halogens is 2. The summed E-state index contributed by atoms with van der Waals surface area (Å²) in [6.45, 7) is 11.8. The van der Waals surface area contributed by atoms with Gasteiger partial charge in [0, 0.05) is 27.5 Å². The van der Waals surface area contributed by atoms with Crippen LogP contribution in [-0.2, 0) is 33.8 Å². The van der Waals surface area contributed by atoms with Crippen LogP contribution in [0.2, 0.25) is 0 Å². The second-order valence-corrected chi connectivity index (χ2v) is 13.5. The van der Waals surface area contributed by atoms with Crippen LogP contribution in [0.3, 0.4) is 0 Å². The van der Waals surface area contributed by atoms with E-state index in [1.54, 1.807) is 0 Å². The number of hydrogen-bond acceptors (Lipinski definition) is 6. The molecule has 0 aromatic heterocycles. The molecule has 0 atom stereocenters. The lowest BCUT2D eigenvalue weighted by Crippen LogP contribution is -2.30. The maximum atomic E-state index is 6.20. The fourth-order valence-corrected chi connectivity index (χ4v) is 6.51. The number of rotatable bonds is 23. The van der Waals surface area contributed by atoms with Gasteiger partial charge >= 0.3 is 0 Å². The predicted molar refractivity (Wildman–Crippen MR) is 199 cm³/mol. The van der Waals surface area contributed by atoms with Gasteiger partial charge < -0.3 is 28.4 Å². The van der Waals surface area contributed by atoms with E-state index in [4.69, 9.17) is 28.4 Å². The van der Waals surface area contributed by atoms with Crippen LogP contribution >= 0.6 is 45.2 Å². The molecule has 0 amide bonds. The summed E-state index contributed by atoms with van der Waals surface area (Å²) in [6.07, 6.45) is 1.72. The van der Waals surface area contributed by atoms with Crippen LogP contribution in [0.1, 0.15) is 35.1 Å². The molecule has 0 aliphatic heterocycles. The van der Waals surface area contributed by atoms with Crippen LogP contribution in [0.5, 0.6) is 0 Å². The van der Waals surface area contributed by atoms with Crippen LogP contribution in [0, 0.1) is 13.8 Å². The van der Waals surface area contributed by atoms with E-state index in [0.717, 1.165) is 34.9 Å². The number of aryl methyl sites for hydroxylation is 2. The summed E-state index contributed by atoms with van der Waals surface area (Å²) in [6, 6.07) is 22.7. The minimum absolute atomic E-state index is 0.223. The Morgan fingerprint density at radius 2 is 0.844 bits per heavy atom. The fraction of sp³-hybridized carbons (Fsp3) is 0.514. The highest BCUT2D eigenvalue weighted by molar-refractivity contribution is 14.1. The first-order chi connectivity index (χ1) is 22.1. The third-order valence-electron chi connectivity index (χ3n) is 8.18. The van der Waals surface area contributed by atoms with Gasteiger partial charge in [-0.3, -0.25) is 0 Å². The van der Waals surface area contributed by atoms with Gasteiger partial charge in [-0.05, 0) is 66.1 Å². The lowest BCUT2D eigenvalue weighted by Gasteiger charge is -2.33. The third-order valence-corrected chi connectivity index (χ3v) is 9.06. The molecule has 246 valence electrons. The molecule has 3 aromatic carbocycles. The Balaban J connectivity index is 1.48. The quantitative estimate of drug-likeness (QED) is 0.0549. The topological polar surface area (TPSA) is 55.4 Å². The summed E-state index contributed by atoms with van der Waals surface area (Å²) in [7, 11) is 0. The Labute approximate surface area is 297 Å². The molecule has 0 radical (unpaired) electrons. The molecular formula is C37H48I2O6. The number of ether oxygens (including phenoxy) is 6. The highest BCUT2D eigenvalue weighted by atomic mass is 127. The first-order valence-electron chi connectivity index (χ1n) is 16.0. The maximum absolute atomic E-state index is 6.20. The SMILES string of the molecule is Cc1ccc(-c2ccc3c(c2)C(CCOCCOCCOCCI)(CCOCCOCCOCCI)c2cc(C)ccc2-3)cc1. The first-order valence-corrected chi connectivity index (χ1v) is 19.1. The smallest absolute Gasteiger partial charge is 0.0701 e. The van der Waals surface area contributed by atoms with Gasteiger partial charge in [-0.15, -0.1) is 0 Å². The molecule has 8 heteroatoms. The van der Waals surface area contributed by atoms with Crippen molar-refractivity contribution < 1.29 is 28.4 Å². The van der Waals surface area contributed by atoms with Crippen LogP contribution < -0.4 is 0 Å². The monoisotopic (exact) mass is 842 g/mol. The number of benzene rings is 3. The van der Waals surface area contributed by atoms with E-state index in [2.05, 4.69) is 120 Å². The van der Waals surface area contributed by atoms with E-state index >= 15 is 0 Å². The Hall–Kier alpha value is -1.12. The van der Waals surface area contributed by atoms with E-state index in [1.165, 1.54) is 44.5 Å². The summed E-state index contributed by atoms with van der Waals surface area (Å²) in [5.74, 6) is 0. The van der Waals surface area contributed by atoms with E-state index in [-0.39, 0.29) is 5.41 Å². The largest absolute Gasteiger partial charge is 0.379 e. The molecule has 0 bridgehead atoms. The zero-order valence-electron chi connectivity index (χ0n) is 26.8. The van der Waals surface area contributed by atoms with Gasteiger partial charge in [-0.25, -0.2) is 0 Å². The standard InChI is InChI=1S/C37H48I2O6/c1-29-3-6-31(7-4-29)32-8-10-34-33-9-5-30(2)27-35(33)37(36(34)28-32,11-15-40-19-23-44-25-21-42-17-13-38)12-16-41-20-24-45-26-22-43-18-14-39/h3-10,27-28H,11-26H2,1-2H3. The normalized spacial score (nSPS) is 13.2. The molecule has 4 rings (SSSR count). The zero-order chi connectivity index (χ0) is 31.7. The number of fused-ring (bicyclic) bond motifs is 3. The van der Waals surface area contributed by atoms with Gasteiger partial charge in [0.05, 0.1) is 66.1 Å². The van der Waals surface area contributed by atoms with E-state index < -0.39 is 0 Å². The Morgan fingerprint density at radius 1 is 0.444 bits per heavy atom. The summed E-state index contributed by atoms with van der Waals surface area (Å²) in [4.78, 5) is 0. The van der Waals surface area contributed by atoms with Crippen LogP contribution in [-0.4, -0.2) is 88.1 Å². The van der Waals surface area contributed by atoms with Crippen molar-refractivity contribution in [3.8, 4) is 22.3 Å². The molecule has 6 nitrogen and oxygen atoms in total. The molecule has 0 saturated heterocycles. The van der Waals surface area contributed by atoms with Gasteiger partial charge in [-0.2, -0.15) is 0 Å². The summed E-state index contributed by atoms with van der Waals surface area (Å²) in [5.41, 5.74) is 10.1. The van der Waals surface area contributed by atoms with Crippen molar-refractivity contribution in [2.75, 3.05) is 88.1 Å². The van der Waals surface area contributed by atoms with Crippen molar-refractivity contribution in [3.63, 3.8) is 0 Å². The van der Waals surface area contributed by atoms with Crippen LogP contribution in [0.4, 0.5) is 0 Å². The Kier molecular flexibility index (Phi) is 16.6. The van der Waals surface area contributed by atoms with E-state index in [0.29, 0.717) is 66.1 Å². The summed E-state index contributed by atoms with van der Waals surface area (Å²) >= 11 is 4.63. The first kappa shape index (κ1) is 36.7. The van der Waals surface area contributed by atoms with Gasteiger partial charge in [0.2, 0.25) is 0 Å². The molecule has 1 aliphatic rings. The van der Waals surface area contributed by atoms with Crippen LogP contribution in [0.25, 0.3) is 22.3 Å². The summed E-state index contributed by atoms with van der Waals surface area (Å²) < 4.78 is 36.8. The van der Waals surface area contributed by atoms with E-state index in [1.807, 2.05) is 0 Å². The predicted octanol–water partition coefficient (Wildman–Crippen LogP) is 7.99. The molecule has 3 aromatic rings. The molecule has 0 heterocycles. The van der Waals surface area contributed by atoms with Crippen LogP contribution in [0.15, 0.2) is 60.7 Å². The molecule has 45 heavy (non-hydrogen) atoms. The van der Waals surface area contributed by atoms with Crippen molar-refractivity contribution in [3.05, 3.63) is 82.9 Å². The molecule has 0 fully saturated rings. The summed E-state index contributed by atoms with van der Waals surface area (Å²) in [5, 5.41) is 0. The maximum Gasteiger partial charge on any atom is 0.0701 e. The zero-order valence-corrected chi connectivity index (χ0v) is 31.1. The van der Waals surface area contributed by atoms with Gasteiger partial charge in [0.25, 0.3) is 0 Å². The Bertz CT molecular complexity index is 1260. The van der Waals surface area contributed by atoms with E-state index in [9.17, 15) is 0 Å². The van der Waals surface area contributed by atoms with Crippen molar-refractivity contribution in [2.24, 2.45) is 0 Å².